The molecule has 2 aromatic heterocycles. The predicted molar refractivity (Wildman–Crippen MR) is 150 cm³/mol. The van der Waals surface area contributed by atoms with Crippen molar-refractivity contribution < 1.29 is 14.3 Å². The number of ether oxygens (including phenoxy) is 1. The van der Waals surface area contributed by atoms with Gasteiger partial charge < -0.3 is 20.4 Å². The highest BCUT2D eigenvalue weighted by atomic mass is 16.5. The number of hydrogen-bond donors (Lipinski definition) is 2. The largest absolute Gasteiger partial charge is 0.457 e. The average molecular weight is 512 g/mol. The molecule has 0 saturated heterocycles. The predicted octanol–water partition coefficient (Wildman–Crippen LogP) is 6.16. The van der Waals surface area contributed by atoms with Crippen LogP contribution in [0, 0.1) is 13.8 Å². The molecule has 196 valence electrons. The van der Waals surface area contributed by atoms with Gasteiger partial charge in [-0.05, 0) is 79.4 Å². The van der Waals surface area contributed by atoms with Crippen molar-refractivity contribution in [3.8, 4) is 17.2 Å². The van der Waals surface area contributed by atoms with E-state index in [4.69, 9.17) is 10.5 Å². The van der Waals surface area contributed by atoms with Crippen LogP contribution in [0.25, 0.3) is 5.69 Å². The molecule has 0 radical (unpaired) electrons. The standard InChI is InChI=1S/C30H33N5O3/c1-19-7-8-20(2)34(19)26-14-9-21(30(3,4)5)17-27(26)35(29(31)37)22-10-12-23(13-11-22)38-24-15-16-33-25(18-24)28(36)32-6/h7-18H,1-6H3,(H2,31,37)(H,32,36). The second-order valence-corrected chi connectivity index (χ2v) is 10.1. The number of nitrogens with two attached hydrogens (primary N) is 1. The van der Waals surface area contributed by atoms with Crippen molar-refractivity contribution in [1.29, 1.82) is 0 Å². The lowest BCUT2D eigenvalue weighted by molar-refractivity contribution is 0.0957. The van der Waals surface area contributed by atoms with E-state index in [0.29, 0.717) is 22.9 Å². The van der Waals surface area contributed by atoms with Crippen LogP contribution in [0.15, 0.2) is 72.9 Å². The molecule has 0 fully saturated rings. The molecule has 2 heterocycles. The smallest absolute Gasteiger partial charge is 0.323 e. The second-order valence-electron chi connectivity index (χ2n) is 10.1. The van der Waals surface area contributed by atoms with Gasteiger partial charge in [0, 0.05) is 30.7 Å². The Balaban J connectivity index is 1.75. The second kappa shape index (κ2) is 10.4. The molecule has 2 aromatic carbocycles. The number of benzene rings is 2. The van der Waals surface area contributed by atoms with Gasteiger partial charge >= 0.3 is 6.03 Å². The number of pyridine rings is 1. The lowest BCUT2D eigenvalue weighted by Gasteiger charge is -2.28. The highest BCUT2D eigenvalue weighted by Crippen LogP contribution is 2.37. The number of primary amides is 1. The molecular weight excluding hydrogens is 478 g/mol. The third-order valence-corrected chi connectivity index (χ3v) is 6.34. The van der Waals surface area contributed by atoms with E-state index in [0.717, 1.165) is 22.6 Å². The first-order valence-electron chi connectivity index (χ1n) is 12.3. The van der Waals surface area contributed by atoms with Crippen molar-refractivity contribution in [1.82, 2.24) is 14.9 Å². The van der Waals surface area contributed by atoms with Crippen molar-refractivity contribution >= 4 is 23.3 Å². The molecule has 0 saturated carbocycles. The highest BCUT2D eigenvalue weighted by molar-refractivity contribution is 6.00. The minimum Gasteiger partial charge on any atom is -0.457 e. The minimum atomic E-state index is -0.599. The highest BCUT2D eigenvalue weighted by Gasteiger charge is 2.24. The Kier molecular flexibility index (Phi) is 7.26. The molecule has 0 bridgehead atoms. The number of rotatable bonds is 6. The van der Waals surface area contributed by atoms with E-state index < -0.39 is 6.03 Å². The SMILES string of the molecule is CNC(=O)c1cc(Oc2ccc(N(C(N)=O)c3cc(C(C)(C)C)ccc3-n3c(C)ccc3C)cc2)ccn1. The van der Waals surface area contributed by atoms with Crippen LogP contribution < -0.4 is 20.7 Å². The summed E-state index contributed by atoms with van der Waals surface area (Å²) in [5.74, 6) is 0.703. The van der Waals surface area contributed by atoms with Crippen molar-refractivity contribution in [2.24, 2.45) is 5.73 Å². The van der Waals surface area contributed by atoms with E-state index in [9.17, 15) is 9.59 Å². The Labute approximate surface area is 223 Å². The molecule has 8 nitrogen and oxygen atoms in total. The van der Waals surface area contributed by atoms with Crippen LogP contribution in [0.1, 0.15) is 48.2 Å². The van der Waals surface area contributed by atoms with Crippen LogP contribution in [-0.2, 0) is 5.41 Å². The molecule has 0 unspecified atom stereocenters. The monoisotopic (exact) mass is 511 g/mol. The number of nitrogens with zero attached hydrogens (tertiary/aromatic N) is 3. The number of nitrogens with one attached hydrogen (secondary N) is 1. The van der Waals surface area contributed by atoms with Gasteiger partial charge in [-0.2, -0.15) is 0 Å². The fourth-order valence-electron chi connectivity index (χ4n) is 4.32. The summed E-state index contributed by atoms with van der Waals surface area (Å²) in [6.45, 7) is 10.5. The van der Waals surface area contributed by atoms with Crippen LogP contribution in [0.4, 0.5) is 16.2 Å². The van der Waals surface area contributed by atoms with Crippen LogP contribution in [-0.4, -0.2) is 28.5 Å². The number of urea groups is 1. The maximum absolute atomic E-state index is 12.9. The van der Waals surface area contributed by atoms with Crippen molar-refractivity contribution in [2.45, 2.75) is 40.0 Å². The fraction of sp³-hybridized carbons (Fsp3) is 0.233. The van der Waals surface area contributed by atoms with Crippen LogP contribution in [0.3, 0.4) is 0 Å². The first kappa shape index (κ1) is 26.5. The molecule has 0 spiro atoms. The number of aryl methyl sites for hydroxylation is 2. The first-order valence-corrected chi connectivity index (χ1v) is 12.3. The number of amides is 3. The van der Waals surface area contributed by atoms with Gasteiger partial charge in [0.1, 0.15) is 17.2 Å². The summed E-state index contributed by atoms with van der Waals surface area (Å²) in [6.07, 6.45) is 1.51. The number of carbonyl (C=O) groups is 2. The third-order valence-electron chi connectivity index (χ3n) is 6.34. The molecular formula is C30H33N5O3. The Bertz CT molecular complexity index is 1460. The van der Waals surface area contributed by atoms with E-state index in [1.165, 1.54) is 11.1 Å². The van der Waals surface area contributed by atoms with Gasteiger partial charge in [-0.1, -0.05) is 26.8 Å². The van der Waals surface area contributed by atoms with Gasteiger partial charge in [0.25, 0.3) is 5.91 Å². The maximum atomic E-state index is 12.9. The quantitative estimate of drug-likeness (QED) is 0.324. The normalized spacial score (nSPS) is 11.2. The summed E-state index contributed by atoms with van der Waals surface area (Å²) in [4.78, 5) is 30.4. The summed E-state index contributed by atoms with van der Waals surface area (Å²) < 4.78 is 8.05. The summed E-state index contributed by atoms with van der Waals surface area (Å²) in [6, 6.07) is 20.0. The van der Waals surface area contributed by atoms with Crippen molar-refractivity contribution in [3.05, 3.63) is 95.6 Å². The topological polar surface area (TPSA) is 102 Å². The molecule has 0 atom stereocenters. The fourth-order valence-corrected chi connectivity index (χ4v) is 4.32. The molecule has 4 rings (SSSR count). The van der Waals surface area contributed by atoms with Crippen molar-refractivity contribution in [3.63, 3.8) is 0 Å². The molecule has 3 amide bonds. The zero-order valence-electron chi connectivity index (χ0n) is 22.6. The molecule has 3 N–H and O–H groups in total. The van der Waals surface area contributed by atoms with E-state index in [2.05, 4.69) is 41.7 Å². The Morgan fingerprint density at radius 1 is 0.921 bits per heavy atom. The van der Waals surface area contributed by atoms with Crippen LogP contribution >= 0.6 is 0 Å². The summed E-state index contributed by atoms with van der Waals surface area (Å²) >= 11 is 0. The molecule has 0 aliphatic rings. The third kappa shape index (κ3) is 5.39. The number of carbonyl (C=O) groups excluding carboxylic acids is 2. The van der Waals surface area contributed by atoms with Gasteiger partial charge in [-0.25, -0.2) is 4.79 Å². The first-order chi connectivity index (χ1) is 18.0. The summed E-state index contributed by atoms with van der Waals surface area (Å²) in [5, 5.41) is 2.54. The van der Waals surface area contributed by atoms with Gasteiger partial charge in [-0.3, -0.25) is 14.7 Å². The molecule has 4 aromatic rings. The van der Waals surface area contributed by atoms with Gasteiger partial charge in [0.15, 0.2) is 0 Å². The Morgan fingerprint density at radius 3 is 2.16 bits per heavy atom. The van der Waals surface area contributed by atoms with Gasteiger partial charge in [0.2, 0.25) is 0 Å². The van der Waals surface area contributed by atoms with E-state index in [-0.39, 0.29) is 17.0 Å². The molecule has 0 aliphatic heterocycles. The van der Waals surface area contributed by atoms with E-state index in [1.807, 2.05) is 38.1 Å². The van der Waals surface area contributed by atoms with E-state index in [1.54, 1.807) is 43.4 Å². The Hall–Kier alpha value is -4.59. The molecule has 0 aliphatic carbocycles. The summed E-state index contributed by atoms with van der Waals surface area (Å²) in [5.41, 5.74) is 11.4. The van der Waals surface area contributed by atoms with Crippen LogP contribution in [0.2, 0.25) is 0 Å². The maximum Gasteiger partial charge on any atom is 0.323 e. The number of hydrogen-bond acceptors (Lipinski definition) is 4. The summed E-state index contributed by atoms with van der Waals surface area (Å²) in [7, 11) is 1.54. The van der Waals surface area contributed by atoms with Gasteiger partial charge in [-0.15, -0.1) is 0 Å². The van der Waals surface area contributed by atoms with Crippen LogP contribution in [0.5, 0.6) is 11.5 Å². The molecule has 8 heteroatoms. The zero-order chi connectivity index (χ0) is 27.6. The number of aromatic nitrogens is 2. The van der Waals surface area contributed by atoms with Gasteiger partial charge in [0.05, 0.1) is 17.1 Å². The minimum absolute atomic E-state index is 0.132. The lowest BCUT2D eigenvalue weighted by atomic mass is 9.86. The lowest BCUT2D eigenvalue weighted by Crippen LogP contribution is -2.32. The average Bonchev–Trinajstić information content (AvgIpc) is 3.21. The van der Waals surface area contributed by atoms with E-state index >= 15 is 0 Å². The number of anilines is 2. The Morgan fingerprint density at radius 2 is 1.58 bits per heavy atom. The zero-order valence-corrected chi connectivity index (χ0v) is 22.6. The van der Waals surface area contributed by atoms with Crippen molar-refractivity contribution in [2.75, 3.05) is 11.9 Å². The molecule has 38 heavy (non-hydrogen) atoms.